The predicted molar refractivity (Wildman–Crippen MR) is 40.6 cm³/mol. The van der Waals surface area contributed by atoms with E-state index < -0.39 is 0 Å². The second-order valence-electron chi connectivity index (χ2n) is 3.34. The Labute approximate surface area is 61.8 Å². The maximum atomic E-state index is 9.35. The van der Waals surface area contributed by atoms with Crippen LogP contribution in [0.5, 0.6) is 0 Å². The second kappa shape index (κ2) is 2.86. The minimum Gasteiger partial charge on any atom is -0.390 e. The highest BCUT2D eigenvalue weighted by Crippen LogP contribution is 2.13. The molecule has 0 aliphatic carbocycles. The van der Waals surface area contributed by atoms with Crippen LogP contribution in [0.1, 0.15) is 6.92 Å². The van der Waals surface area contributed by atoms with E-state index in [0.717, 1.165) is 6.54 Å². The Balaban J connectivity index is 2.49. The topological polar surface area (TPSA) is 49.5 Å². The van der Waals surface area contributed by atoms with Gasteiger partial charge in [-0.05, 0) is 13.0 Å². The van der Waals surface area contributed by atoms with Crippen LogP contribution in [0.3, 0.4) is 0 Å². The first-order valence-corrected chi connectivity index (χ1v) is 3.73. The summed E-state index contributed by atoms with van der Waals surface area (Å²) in [7, 11) is 2.01. The summed E-state index contributed by atoms with van der Waals surface area (Å²) < 4.78 is 0. The van der Waals surface area contributed by atoms with Gasteiger partial charge in [0.15, 0.2) is 0 Å². The molecule has 0 aromatic carbocycles. The molecule has 0 aromatic rings. The highest BCUT2D eigenvalue weighted by Gasteiger charge is 2.28. The van der Waals surface area contributed by atoms with E-state index in [1.54, 1.807) is 0 Å². The van der Waals surface area contributed by atoms with Gasteiger partial charge in [-0.1, -0.05) is 6.92 Å². The van der Waals surface area contributed by atoms with Crippen molar-refractivity contribution >= 4 is 0 Å². The highest BCUT2D eigenvalue weighted by molar-refractivity contribution is 4.85. The van der Waals surface area contributed by atoms with E-state index in [2.05, 4.69) is 11.8 Å². The molecule has 1 aliphatic heterocycles. The maximum Gasteiger partial charge on any atom is 0.0820 e. The molecule has 0 saturated carbocycles. The van der Waals surface area contributed by atoms with E-state index in [1.165, 1.54) is 0 Å². The molecule has 1 fully saturated rings. The van der Waals surface area contributed by atoms with Crippen LogP contribution in [0.4, 0.5) is 0 Å². The molecule has 3 heteroatoms. The quantitative estimate of drug-likeness (QED) is 0.470. The summed E-state index contributed by atoms with van der Waals surface area (Å²) in [5.74, 6) is 0.411. The predicted octanol–water partition coefficient (Wildman–Crippen LogP) is -0.744. The van der Waals surface area contributed by atoms with Crippen molar-refractivity contribution in [3.05, 3.63) is 0 Å². The molecule has 3 N–H and O–H groups in total. The van der Waals surface area contributed by atoms with Crippen LogP contribution >= 0.6 is 0 Å². The molecule has 0 bridgehead atoms. The van der Waals surface area contributed by atoms with Crippen LogP contribution in [0.25, 0.3) is 0 Å². The van der Waals surface area contributed by atoms with Crippen molar-refractivity contribution in [3.8, 4) is 0 Å². The van der Waals surface area contributed by atoms with E-state index in [9.17, 15) is 5.11 Å². The molecule has 1 heterocycles. The van der Waals surface area contributed by atoms with Gasteiger partial charge in [0.2, 0.25) is 0 Å². The molecule has 1 saturated heterocycles. The summed E-state index contributed by atoms with van der Waals surface area (Å²) in [4.78, 5) is 2.11. The fourth-order valence-electron chi connectivity index (χ4n) is 1.51. The monoisotopic (exact) mass is 144 g/mol. The fourth-order valence-corrected chi connectivity index (χ4v) is 1.51. The average molecular weight is 144 g/mol. The largest absolute Gasteiger partial charge is 0.390 e. The third-order valence-corrected chi connectivity index (χ3v) is 2.20. The average Bonchev–Trinajstić information content (AvgIpc) is 1.82. The van der Waals surface area contributed by atoms with Crippen LogP contribution in [-0.2, 0) is 0 Å². The number of hydrogen-bond donors (Lipinski definition) is 2. The van der Waals surface area contributed by atoms with Crippen molar-refractivity contribution in [2.24, 2.45) is 11.7 Å². The van der Waals surface area contributed by atoms with Crippen molar-refractivity contribution in [2.45, 2.75) is 19.1 Å². The SMILES string of the molecule is CC1CN(C)CC(O)C1N. The maximum absolute atomic E-state index is 9.35. The molecule has 1 aliphatic rings. The molecule has 10 heavy (non-hydrogen) atoms. The number of rotatable bonds is 0. The molecule has 0 amide bonds. The van der Waals surface area contributed by atoms with Crippen molar-refractivity contribution in [1.82, 2.24) is 4.90 Å². The molecule has 1 rings (SSSR count). The Kier molecular flexibility index (Phi) is 2.28. The van der Waals surface area contributed by atoms with Crippen molar-refractivity contribution in [1.29, 1.82) is 0 Å². The number of aliphatic hydroxyl groups is 1. The Hall–Kier alpha value is -0.120. The number of hydrogen-bond acceptors (Lipinski definition) is 3. The van der Waals surface area contributed by atoms with Gasteiger partial charge < -0.3 is 15.7 Å². The Morgan fingerprint density at radius 1 is 1.50 bits per heavy atom. The third kappa shape index (κ3) is 1.48. The van der Waals surface area contributed by atoms with Gasteiger partial charge >= 0.3 is 0 Å². The first-order chi connectivity index (χ1) is 4.61. The van der Waals surface area contributed by atoms with Crippen LogP contribution in [-0.4, -0.2) is 42.3 Å². The van der Waals surface area contributed by atoms with Crippen LogP contribution in [0, 0.1) is 5.92 Å². The first-order valence-electron chi connectivity index (χ1n) is 3.73. The third-order valence-electron chi connectivity index (χ3n) is 2.20. The zero-order chi connectivity index (χ0) is 7.72. The molecular formula is C7H16N2O. The van der Waals surface area contributed by atoms with Crippen molar-refractivity contribution < 1.29 is 5.11 Å². The summed E-state index contributed by atoms with van der Waals surface area (Å²) in [5, 5.41) is 9.35. The van der Waals surface area contributed by atoms with E-state index in [1.807, 2.05) is 7.05 Å². The normalized spacial score (nSPS) is 43.8. The molecule has 3 atom stereocenters. The highest BCUT2D eigenvalue weighted by atomic mass is 16.3. The molecular weight excluding hydrogens is 128 g/mol. The van der Waals surface area contributed by atoms with E-state index in [-0.39, 0.29) is 12.1 Å². The Morgan fingerprint density at radius 3 is 2.60 bits per heavy atom. The van der Waals surface area contributed by atoms with Crippen LogP contribution in [0.2, 0.25) is 0 Å². The standard InChI is InChI=1S/C7H16N2O/c1-5-3-9(2)4-6(10)7(5)8/h5-7,10H,3-4,8H2,1-2H3. The van der Waals surface area contributed by atoms with Crippen molar-refractivity contribution in [2.75, 3.05) is 20.1 Å². The minimum atomic E-state index is -0.339. The molecule has 3 nitrogen and oxygen atoms in total. The number of likely N-dealkylation sites (tertiary alicyclic amines) is 1. The summed E-state index contributed by atoms with van der Waals surface area (Å²) in [6, 6.07) is -0.0313. The van der Waals surface area contributed by atoms with E-state index in [4.69, 9.17) is 5.73 Å². The lowest BCUT2D eigenvalue weighted by molar-refractivity contribution is 0.0378. The molecule has 3 unspecified atom stereocenters. The minimum absolute atomic E-state index is 0.0313. The summed E-state index contributed by atoms with van der Waals surface area (Å²) in [6.07, 6.45) is -0.339. The Bertz CT molecular complexity index is 106. The number of piperidine rings is 1. The van der Waals surface area contributed by atoms with Gasteiger partial charge in [-0.2, -0.15) is 0 Å². The summed E-state index contributed by atoms with van der Waals surface area (Å²) in [6.45, 7) is 3.78. The number of β-amino-alcohol motifs (C(OH)–C–C–N with tert-alkyl or cyclic N) is 1. The van der Waals surface area contributed by atoms with Crippen LogP contribution < -0.4 is 5.73 Å². The summed E-state index contributed by atoms with van der Waals surface area (Å²) in [5.41, 5.74) is 5.71. The van der Waals surface area contributed by atoms with Gasteiger partial charge in [0.1, 0.15) is 0 Å². The van der Waals surface area contributed by atoms with Gasteiger partial charge in [-0.25, -0.2) is 0 Å². The molecule has 0 aromatic heterocycles. The Morgan fingerprint density at radius 2 is 2.10 bits per heavy atom. The zero-order valence-corrected chi connectivity index (χ0v) is 6.62. The van der Waals surface area contributed by atoms with Gasteiger partial charge in [0.05, 0.1) is 6.10 Å². The molecule has 60 valence electrons. The lowest BCUT2D eigenvalue weighted by Gasteiger charge is -2.36. The number of aliphatic hydroxyl groups excluding tert-OH is 1. The second-order valence-corrected chi connectivity index (χ2v) is 3.34. The fraction of sp³-hybridized carbons (Fsp3) is 1.00. The van der Waals surface area contributed by atoms with E-state index >= 15 is 0 Å². The number of likely N-dealkylation sites (N-methyl/N-ethyl adjacent to an activating group) is 1. The zero-order valence-electron chi connectivity index (χ0n) is 6.62. The summed E-state index contributed by atoms with van der Waals surface area (Å²) >= 11 is 0. The van der Waals surface area contributed by atoms with Gasteiger partial charge in [-0.15, -0.1) is 0 Å². The van der Waals surface area contributed by atoms with E-state index in [0.29, 0.717) is 12.5 Å². The van der Waals surface area contributed by atoms with Gasteiger partial charge in [0, 0.05) is 19.1 Å². The molecule has 0 radical (unpaired) electrons. The molecule has 0 spiro atoms. The lowest BCUT2D eigenvalue weighted by Crippen LogP contribution is -2.54. The number of nitrogens with two attached hydrogens (primary N) is 1. The number of nitrogens with zero attached hydrogens (tertiary/aromatic N) is 1. The van der Waals surface area contributed by atoms with Crippen molar-refractivity contribution in [3.63, 3.8) is 0 Å². The van der Waals surface area contributed by atoms with Gasteiger partial charge in [-0.3, -0.25) is 0 Å². The van der Waals surface area contributed by atoms with Crippen LogP contribution in [0.15, 0.2) is 0 Å². The first kappa shape index (κ1) is 7.98. The smallest absolute Gasteiger partial charge is 0.0820 e. The van der Waals surface area contributed by atoms with Gasteiger partial charge in [0.25, 0.3) is 0 Å². The lowest BCUT2D eigenvalue weighted by atomic mass is 9.93.